The molecule has 0 N–H and O–H groups in total. The van der Waals surface area contributed by atoms with Gasteiger partial charge in [-0.15, -0.1) is 0 Å². The Morgan fingerprint density at radius 2 is 1.09 bits per heavy atom. The largest absolute Gasteiger partial charge is 0.264 e. The van der Waals surface area contributed by atoms with Gasteiger partial charge in [-0.1, -0.05) is 129 Å². The number of aromatic nitrogens is 1. The Labute approximate surface area is 263 Å². The molecule has 0 fully saturated rings. The minimum Gasteiger partial charge on any atom is -0.264 e. The zero-order chi connectivity index (χ0) is 30.1. The van der Waals surface area contributed by atoms with Gasteiger partial charge in [-0.2, -0.15) is 0 Å². The molecule has 45 heavy (non-hydrogen) atoms. The van der Waals surface area contributed by atoms with E-state index < -0.39 is 0 Å². The number of pyridine rings is 1. The first kappa shape index (κ1) is 25.9. The molecule has 1 aliphatic carbocycles. The van der Waals surface area contributed by atoms with E-state index in [-0.39, 0.29) is 5.41 Å². The van der Waals surface area contributed by atoms with Crippen molar-refractivity contribution in [1.82, 2.24) is 4.98 Å². The molecule has 1 heterocycles. The minimum atomic E-state index is -0.0741. The first-order valence-corrected chi connectivity index (χ1v) is 15.7. The number of hydrogen-bond acceptors (Lipinski definition) is 1. The molecular formula is C44H31N. The fourth-order valence-electron chi connectivity index (χ4n) is 7.71. The van der Waals surface area contributed by atoms with E-state index in [1.54, 1.807) is 0 Å². The van der Waals surface area contributed by atoms with Crippen LogP contribution in [0.25, 0.3) is 76.8 Å². The highest BCUT2D eigenvalue weighted by atomic mass is 14.6. The van der Waals surface area contributed by atoms with Gasteiger partial charge in [0.2, 0.25) is 0 Å². The fraction of sp³-hybridized carbons (Fsp3) is 0.0682. The highest BCUT2D eigenvalue weighted by Crippen LogP contribution is 2.51. The fourth-order valence-corrected chi connectivity index (χ4v) is 7.71. The Kier molecular flexibility index (Phi) is 5.61. The second-order valence-electron chi connectivity index (χ2n) is 12.8. The van der Waals surface area contributed by atoms with Gasteiger partial charge >= 0.3 is 0 Å². The van der Waals surface area contributed by atoms with Crippen LogP contribution < -0.4 is 0 Å². The molecule has 0 saturated carbocycles. The molecule has 0 amide bonds. The molecule has 212 valence electrons. The first-order chi connectivity index (χ1) is 22.1. The summed E-state index contributed by atoms with van der Waals surface area (Å²) in [5, 5.41) is 7.38. The van der Waals surface area contributed by atoms with Crippen LogP contribution in [0.1, 0.15) is 25.0 Å². The smallest absolute Gasteiger partial charge is 0.0353 e. The molecule has 0 unspecified atom stereocenters. The van der Waals surface area contributed by atoms with E-state index in [1.807, 2.05) is 6.20 Å². The standard InChI is InChI=1S/C44H31N/c1-44(2)40-15-9-8-14-34(40)35-20-19-33(26-41(35)44)42-37-22-23-45-27-39(37)43(32-17-16-29-12-6-7-13-30(29)24-32)36-21-18-31(25-38(36)42)28-10-4-3-5-11-28/h3-27H,1-2H3. The second-order valence-corrected chi connectivity index (χ2v) is 12.8. The van der Waals surface area contributed by atoms with Crippen LogP contribution in [0.15, 0.2) is 152 Å². The summed E-state index contributed by atoms with van der Waals surface area (Å²) in [6.07, 6.45) is 4.00. The highest BCUT2D eigenvalue weighted by Gasteiger charge is 2.35. The number of rotatable bonds is 3. The van der Waals surface area contributed by atoms with Gasteiger partial charge in [0.1, 0.15) is 0 Å². The minimum absolute atomic E-state index is 0.0741. The summed E-state index contributed by atoms with van der Waals surface area (Å²) in [4.78, 5) is 4.68. The van der Waals surface area contributed by atoms with Crippen LogP contribution in [0.2, 0.25) is 0 Å². The Hall–Kier alpha value is -5.53. The molecule has 1 aromatic heterocycles. The van der Waals surface area contributed by atoms with Crippen molar-refractivity contribution in [2.24, 2.45) is 0 Å². The average Bonchev–Trinajstić information content (AvgIpc) is 3.32. The molecule has 0 radical (unpaired) electrons. The predicted molar refractivity (Wildman–Crippen MR) is 191 cm³/mol. The second kappa shape index (κ2) is 9.74. The van der Waals surface area contributed by atoms with E-state index in [0.717, 1.165) is 0 Å². The van der Waals surface area contributed by atoms with Crippen molar-refractivity contribution in [2.75, 3.05) is 0 Å². The van der Waals surface area contributed by atoms with Crippen LogP contribution in [0.4, 0.5) is 0 Å². The van der Waals surface area contributed by atoms with Gasteiger partial charge in [0.05, 0.1) is 0 Å². The summed E-state index contributed by atoms with van der Waals surface area (Å²) in [6.45, 7) is 4.72. The molecule has 0 spiro atoms. The third-order valence-electron chi connectivity index (χ3n) is 9.94. The summed E-state index contributed by atoms with van der Waals surface area (Å²) >= 11 is 0. The molecule has 8 aromatic rings. The Bertz CT molecular complexity index is 2450. The number of hydrogen-bond donors (Lipinski definition) is 0. The molecule has 1 nitrogen and oxygen atoms in total. The lowest BCUT2D eigenvalue weighted by molar-refractivity contribution is 0.660. The summed E-state index contributed by atoms with van der Waals surface area (Å²) in [5.41, 5.74) is 12.8. The molecular weight excluding hydrogens is 542 g/mol. The van der Waals surface area contributed by atoms with Crippen molar-refractivity contribution in [3.8, 4) is 44.5 Å². The lowest BCUT2D eigenvalue weighted by atomic mass is 9.80. The third kappa shape index (κ3) is 3.90. The Balaban J connectivity index is 1.38. The van der Waals surface area contributed by atoms with E-state index in [2.05, 4.69) is 165 Å². The van der Waals surface area contributed by atoms with E-state index in [9.17, 15) is 0 Å². The Morgan fingerprint density at radius 3 is 1.98 bits per heavy atom. The lowest BCUT2D eigenvalue weighted by Crippen LogP contribution is -2.14. The highest BCUT2D eigenvalue weighted by molar-refractivity contribution is 6.22. The molecule has 9 rings (SSSR count). The van der Waals surface area contributed by atoms with Crippen LogP contribution in [0.3, 0.4) is 0 Å². The first-order valence-electron chi connectivity index (χ1n) is 15.7. The van der Waals surface area contributed by atoms with Gasteiger partial charge in [-0.3, -0.25) is 4.98 Å². The van der Waals surface area contributed by atoms with E-state index in [1.165, 1.54) is 88.0 Å². The third-order valence-corrected chi connectivity index (χ3v) is 9.94. The number of benzene rings is 7. The summed E-state index contributed by atoms with van der Waals surface area (Å²) < 4.78 is 0. The van der Waals surface area contributed by atoms with Gasteiger partial charge in [-0.25, -0.2) is 0 Å². The van der Waals surface area contributed by atoms with Crippen molar-refractivity contribution < 1.29 is 0 Å². The van der Waals surface area contributed by atoms with Gasteiger partial charge in [0, 0.05) is 23.2 Å². The molecule has 0 bridgehead atoms. The molecule has 1 aliphatic rings. The zero-order valence-electron chi connectivity index (χ0n) is 25.4. The molecule has 1 heteroatoms. The van der Waals surface area contributed by atoms with Crippen LogP contribution in [-0.2, 0) is 5.41 Å². The van der Waals surface area contributed by atoms with Crippen LogP contribution in [-0.4, -0.2) is 4.98 Å². The van der Waals surface area contributed by atoms with Gasteiger partial charge in [-0.05, 0) is 107 Å². The number of nitrogens with zero attached hydrogens (tertiary/aromatic N) is 1. The zero-order valence-corrected chi connectivity index (χ0v) is 25.4. The van der Waals surface area contributed by atoms with E-state index >= 15 is 0 Å². The van der Waals surface area contributed by atoms with Crippen molar-refractivity contribution in [1.29, 1.82) is 0 Å². The topological polar surface area (TPSA) is 12.9 Å². The molecule has 7 aromatic carbocycles. The van der Waals surface area contributed by atoms with Crippen LogP contribution in [0.5, 0.6) is 0 Å². The van der Waals surface area contributed by atoms with Crippen LogP contribution >= 0.6 is 0 Å². The summed E-state index contributed by atoms with van der Waals surface area (Å²) in [6, 6.07) is 51.4. The maximum absolute atomic E-state index is 4.68. The van der Waals surface area contributed by atoms with Crippen LogP contribution in [0, 0.1) is 0 Å². The predicted octanol–water partition coefficient (Wildman–Crippen LogP) is 11.8. The molecule has 0 saturated heterocycles. The van der Waals surface area contributed by atoms with Crippen molar-refractivity contribution in [3.05, 3.63) is 163 Å². The Morgan fingerprint density at radius 1 is 0.422 bits per heavy atom. The maximum atomic E-state index is 4.68. The van der Waals surface area contributed by atoms with Crippen molar-refractivity contribution >= 4 is 32.3 Å². The SMILES string of the molecule is CC1(C)c2ccccc2-c2ccc(-c3c4ccncc4c(-c4ccc5ccccc5c4)c4ccc(-c5ccccc5)cc34)cc21. The lowest BCUT2D eigenvalue weighted by Gasteiger charge is -2.23. The quantitative estimate of drug-likeness (QED) is 0.192. The van der Waals surface area contributed by atoms with Gasteiger partial charge in [0.15, 0.2) is 0 Å². The van der Waals surface area contributed by atoms with E-state index in [0.29, 0.717) is 0 Å². The summed E-state index contributed by atoms with van der Waals surface area (Å²) in [5.74, 6) is 0. The molecule has 0 atom stereocenters. The van der Waals surface area contributed by atoms with Gasteiger partial charge < -0.3 is 0 Å². The van der Waals surface area contributed by atoms with E-state index in [4.69, 9.17) is 0 Å². The number of fused-ring (bicyclic) bond motifs is 6. The maximum Gasteiger partial charge on any atom is 0.0353 e. The van der Waals surface area contributed by atoms with Crippen molar-refractivity contribution in [3.63, 3.8) is 0 Å². The molecule has 0 aliphatic heterocycles. The van der Waals surface area contributed by atoms with Crippen molar-refractivity contribution in [2.45, 2.75) is 19.3 Å². The van der Waals surface area contributed by atoms with Gasteiger partial charge in [0.25, 0.3) is 0 Å². The average molecular weight is 574 g/mol. The summed E-state index contributed by atoms with van der Waals surface area (Å²) in [7, 11) is 0. The normalized spacial score (nSPS) is 13.3. The monoisotopic (exact) mass is 573 g/mol.